The molecule has 2 rings (SSSR count). The van der Waals surface area contributed by atoms with E-state index in [1.807, 2.05) is 45.2 Å². The smallest absolute Gasteiger partial charge is 0.224 e. The van der Waals surface area contributed by atoms with Gasteiger partial charge in [0.1, 0.15) is 12.7 Å². The van der Waals surface area contributed by atoms with E-state index >= 15 is 0 Å². The van der Waals surface area contributed by atoms with Gasteiger partial charge in [0, 0.05) is 12.5 Å². The average Bonchev–Trinajstić information content (AvgIpc) is 3.01. The average molecular weight is 287 g/mol. The van der Waals surface area contributed by atoms with Gasteiger partial charge >= 0.3 is 0 Å². The first-order valence-electron chi connectivity index (χ1n) is 7.01. The molecule has 2 N–H and O–H groups in total. The van der Waals surface area contributed by atoms with E-state index in [1.54, 1.807) is 11.0 Å². The molecular weight excluding hydrogens is 266 g/mol. The fourth-order valence-electron chi connectivity index (χ4n) is 2.10. The molecule has 1 heterocycles. The molecular formula is C15H21N5O. The SMILES string of the molecule is CNCC(C)C(=O)NC(C)c1ccc(-n2cncn2)cc1. The molecule has 0 fully saturated rings. The quantitative estimate of drug-likeness (QED) is 0.840. The summed E-state index contributed by atoms with van der Waals surface area (Å²) in [6, 6.07) is 7.88. The number of hydrogen-bond acceptors (Lipinski definition) is 4. The monoisotopic (exact) mass is 287 g/mol. The normalized spacial score (nSPS) is 13.7. The highest BCUT2D eigenvalue weighted by Crippen LogP contribution is 2.15. The van der Waals surface area contributed by atoms with Crippen LogP contribution in [0.5, 0.6) is 0 Å². The predicted octanol–water partition coefficient (Wildman–Crippen LogP) is 1.30. The number of carbonyl (C=O) groups excluding carboxylic acids is 1. The number of rotatable bonds is 6. The summed E-state index contributed by atoms with van der Waals surface area (Å²) in [6.45, 7) is 4.56. The molecule has 0 radical (unpaired) electrons. The zero-order valence-electron chi connectivity index (χ0n) is 12.6. The van der Waals surface area contributed by atoms with Crippen LogP contribution < -0.4 is 10.6 Å². The van der Waals surface area contributed by atoms with Crippen molar-refractivity contribution < 1.29 is 4.79 Å². The first-order valence-corrected chi connectivity index (χ1v) is 7.01. The molecule has 2 atom stereocenters. The lowest BCUT2D eigenvalue weighted by Gasteiger charge is -2.18. The Hall–Kier alpha value is -2.21. The van der Waals surface area contributed by atoms with Crippen LogP contribution in [-0.4, -0.2) is 34.3 Å². The van der Waals surface area contributed by atoms with Gasteiger partial charge in [0.2, 0.25) is 5.91 Å². The number of nitrogens with zero attached hydrogens (tertiary/aromatic N) is 3. The van der Waals surface area contributed by atoms with Crippen molar-refractivity contribution in [3.05, 3.63) is 42.5 Å². The molecule has 0 bridgehead atoms. The standard InChI is InChI=1S/C15H21N5O/c1-11(8-16-3)15(21)19-12(2)13-4-6-14(7-5-13)20-10-17-9-18-20/h4-7,9-12,16H,8H2,1-3H3,(H,19,21). The van der Waals surface area contributed by atoms with E-state index < -0.39 is 0 Å². The highest BCUT2D eigenvalue weighted by Gasteiger charge is 2.15. The number of benzene rings is 1. The first-order chi connectivity index (χ1) is 10.1. The van der Waals surface area contributed by atoms with Crippen LogP contribution in [0.2, 0.25) is 0 Å². The van der Waals surface area contributed by atoms with Crippen molar-refractivity contribution in [1.82, 2.24) is 25.4 Å². The molecule has 6 nitrogen and oxygen atoms in total. The maximum atomic E-state index is 12.0. The molecule has 2 unspecified atom stereocenters. The Kier molecular flexibility index (Phi) is 5.05. The first kappa shape index (κ1) is 15.2. The van der Waals surface area contributed by atoms with Gasteiger partial charge in [-0.15, -0.1) is 0 Å². The zero-order valence-corrected chi connectivity index (χ0v) is 12.6. The molecule has 1 aromatic heterocycles. The van der Waals surface area contributed by atoms with Gasteiger partial charge in [0.25, 0.3) is 0 Å². The Morgan fingerprint density at radius 1 is 1.29 bits per heavy atom. The summed E-state index contributed by atoms with van der Waals surface area (Å²) >= 11 is 0. The maximum Gasteiger partial charge on any atom is 0.224 e. The van der Waals surface area contributed by atoms with Crippen molar-refractivity contribution in [2.45, 2.75) is 19.9 Å². The van der Waals surface area contributed by atoms with Crippen LogP contribution >= 0.6 is 0 Å². The third-order valence-electron chi connectivity index (χ3n) is 3.39. The van der Waals surface area contributed by atoms with E-state index in [0.29, 0.717) is 6.54 Å². The van der Waals surface area contributed by atoms with Gasteiger partial charge in [-0.25, -0.2) is 9.67 Å². The number of nitrogens with one attached hydrogen (secondary N) is 2. The Morgan fingerprint density at radius 3 is 2.57 bits per heavy atom. The van der Waals surface area contributed by atoms with Gasteiger partial charge in [0.15, 0.2) is 0 Å². The van der Waals surface area contributed by atoms with Crippen molar-refractivity contribution in [1.29, 1.82) is 0 Å². The van der Waals surface area contributed by atoms with Crippen molar-refractivity contribution >= 4 is 5.91 Å². The van der Waals surface area contributed by atoms with E-state index in [2.05, 4.69) is 20.7 Å². The van der Waals surface area contributed by atoms with Crippen molar-refractivity contribution in [3.63, 3.8) is 0 Å². The summed E-state index contributed by atoms with van der Waals surface area (Å²) in [4.78, 5) is 15.9. The van der Waals surface area contributed by atoms with E-state index in [1.165, 1.54) is 6.33 Å². The van der Waals surface area contributed by atoms with E-state index in [0.717, 1.165) is 11.3 Å². The van der Waals surface area contributed by atoms with Crippen molar-refractivity contribution in [2.24, 2.45) is 5.92 Å². The second-order valence-corrected chi connectivity index (χ2v) is 5.12. The molecule has 0 aliphatic carbocycles. The van der Waals surface area contributed by atoms with Gasteiger partial charge in [-0.3, -0.25) is 4.79 Å². The molecule has 0 spiro atoms. The van der Waals surface area contributed by atoms with E-state index in [9.17, 15) is 4.79 Å². The third kappa shape index (κ3) is 3.88. The molecule has 21 heavy (non-hydrogen) atoms. The molecule has 0 aliphatic rings. The highest BCUT2D eigenvalue weighted by atomic mass is 16.1. The third-order valence-corrected chi connectivity index (χ3v) is 3.39. The summed E-state index contributed by atoms with van der Waals surface area (Å²) in [6.07, 6.45) is 3.15. The minimum Gasteiger partial charge on any atom is -0.349 e. The summed E-state index contributed by atoms with van der Waals surface area (Å²) in [5.74, 6) is 0.00377. The number of hydrogen-bond donors (Lipinski definition) is 2. The Labute approximate surface area is 124 Å². The molecule has 1 amide bonds. The van der Waals surface area contributed by atoms with Gasteiger partial charge < -0.3 is 10.6 Å². The zero-order chi connectivity index (χ0) is 15.2. The van der Waals surface area contributed by atoms with Crippen molar-refractivity contribution in [2.75, 3.05) is 13.6 Å². The van der Waals surface area contributed by atoms with Gasteiger partial charge in [0.05, 0.1) is 11.7 Å². The summed E-state index contributed by atoms with van der Waals surface area (Å²) in [7, 11) is 1.84. The van der Waals surface area contributed by atoms with Crippen LogP contribution in [0.1, 0.15) is 25.5 Å². The molecule has 0 saturated heterocycles. The lowest BCUT2D eigenvalue weighted by molar-refractivity contribution is -0.125. The largest absolute Gasteiger partial charge is 0.349 e. The molecule has 1 aromatic carbocycles. The van der Waals surface area contributed by atoms with Crippen molar-refractivity contribution in [3.8, 4) is 5.69 Å². The minimum atomic E-state index is -0.0492. The van der Waals surface area contributed by atoms with Gasteiger partial charge in [-0.2, -0.15) is 5.10 Å². The predicted molar refractivity (Wildman–Crippen MR) is 81.0 cm³/mol. The van der Waals surface area contributed by atoms with Crippen LogP contribution in [0, 0.1) is 5.92 Å². The molecule has 2 aromatic rings. The minimum absolute atomic E-state index is 0.0263. The van der Waals surface area contributed by atoms with Crippen LogP contribution in [0.25, 0.3) is 5.69 Å². The van der Waals surface area contributed by atoms with E-state index in [-0.39, 0.29) is 17.9 Å². The number of aromatic nitrogens is 3. The lowest BCUT2D eigenvalue weighted by Crippen LogP contribution is -2.35. The van der Waals surface area contributed by atoms with Crippen LogP contribution in [-0.2, 0) is 4.79 Å². The van der Waals surface area contributed by atoms with Crippen LogP contribution in [0.3, 0.4) is 0 Å². The summed E-state index contributed by atoms with van der Waals surface area (Å²) in [5.41, 5.74) is 2.00. The summed E-state index contributed by atoms with van der Waals surface area (Å²) < 4.78 is 1.70. The van der Waals surface area contributed by atoms with Crippen LogP contribution in [0.4, 0.5) is 0 Å². The molecule has 0 saturated carbocycles. The van der Waals surface area contributed by atoms with Gasteiger partial charge in [-0.1, -0.05) is 19.1 Å². The molecule has 0 aliphatic heterocycles. The Bertz CT molecular complexity index is 564. The lowest BCUT2D eigenvalue weighted by atomic mass is 10.1. The Balaban J connectivity index is 2.00. The Morgan fingerprint density at radius 2 is 2.00 bits per heavy atom. The highest BCUT2D eigenvalue weighted by molar-refractivity contribution is 5.78. The second kappa shape index (κ2) is 6.99. The number of carbonyl (C=O) groups is 1. The molecule has 112 valence electrons. The fourth-order valence-corrected chi connectivity index (χ4v) is 2.10. The second-order valence-electron chi connectivity index (χ2n) is 5.12. The van der Waals surface area contributed by atoms with Crippen LogP contribution in [0.15, 0.2) is 36.9 Å². The topological polar surface area (TPSA) is 71.8 Å². The van der Waals surface area contributed by atoms with Gasteiger partial charge in [-0.05, 0) is 31.7 Å². The maximum absolute atomic E-state index is 12.0. The number of amides is 1. The fraction of sp³-hybridized carbons (Fsp3) is 0.400. The van der Waals surface area contributed by atoms with E-state index in [4.69, 9.17) is 0 Å². The summed E-state index contributed by atoms with van der Waals surface area (Å²) in [5, 5.41) is 10.1. The molecule has 6 heteroatoms.